The number of rotatable bonds is 9. The molecular formula is C29H35F2N3O2. The van der Waals surface area contributed by atoms with Crippen LogP contribution < -0.4 is 0 Å². The van der Waals surface area contributed by atoms with Gasteiger partial charge in [-0.15, -0.1) is 0 Å². The first-order valence-corrected chi connectivity index (χ1v) is 13.1. The first-order chi connectivity index (χ1) is 17.3. The monoisotopic (exact) mass is 495 g/mol. The molecule has 1 heterocycles. The minimum Gasteiger partial charge on any atom is -0.458 e. The number of H-pyrrole nitrogens is 1. The molecule has 0 amide bonds. The second-order valence-electron chi connectivity index (χ2n) is 10.9. The number of imidazole rings is 1. The number of hydrogen-bond donors (Lipinski definition) is 1. The minimum atomic E-state index is -0.826. The van der Waals surface area contributed by atoms with Crippen molar-refractivity contribution in [2.75, 3.05) is 20.1 Å². The Balaban J connectivity index is 1.27. The molecule has 7 heteroatoms. The first-order valence-electron chi connectivity index (χ1n) is 13.1. The fourth-order valence-electron chi connectivity index (χ4n) is 6.12. The maximum absolute atomic E-state index is 14.2. The van der Waals surface area contributed by atoms with Crippen molar-refractivity contribution >= 4 is 17.0 Å². The Morgan fingerprint density at radius 1 is 1.17 bits per heavy atom. The second-order valence-corrected chi connectivity index (χ2v) is 10.9. The van der Waals surface area contributed by atoms with Crippen LogP contribution in [0, 0.1) is 17.6 Å². The molecule has 5 nitrogen and oxygen atoms in total. The number of nitrogens with one attached hydrogen (secondary N) is 1. The molecule has 2 bridgehead atoms. The van der Waals surface area contributed by atoms with E-state index in [0.29, 0.717) is 12.8 Å². The smallest absolute Gasteiger partial charge is 0.308 e. The van der Waals surface area contributed by atoms with E-state index < -0.39 is 17.2 Å². The quantitative estimate of drug-likeness (QED) is 0.365. The third-order valence-corrected chi connectivity index (χ3v) is 8.06. The number of fused-ring (bicyclic) bond motifs is 3. The van der Waals surface area contributed by atoms with Crippen LogP contribution in [0.2, 0.25) is 0 Å². The summed E-state index contributed by atoms with van der Waals surface area (Å²) in [6, 6.07) is 10.7. The van der Waals surface area contributed by atoms with E-state index in [1.807, 2.05) is 38.1 Å². The van der Waals surface area contributed by atoms with Gasteiger partial charge in [0.2, 0.25) is 0 Å². The van der Waals surface area contributed by atoms with Gasteiger partial charge in [0.15, 0.2) is 11.6 Å². The van der Waals surface area contributed by atoms with E-state index in [9.17, 15) is 13.6 Å². The van der Waals surface area contributed by atoms with Gasteiger partial charge in [-0.05, 0) is 80.6 Å². The van der Waals surface area contributed by atoms with Crippen molar-refractivity contribution in [2.24, 2.45) is 5.92 Å². The van der Waals surface area contributed by atoms with Crippen LogP contribution in [0.3, 0.4) is 0 Å². The third-order valence-electron chi connectivity index (χ3n) is 8.06. The highest BCUT2D eigenvalue weighted by atomic mass is 19.2. The molecule has 0 radical (unpaired) electrons. The summed E-state index contributed by atoms with van der Waals surface area (Å²) in [5.41, 5.74) is 3.06. The van der Waals surface area contributed by atoms with Gasteiger partial charge in [0.05, 0.1) is 17.0 Å². The standard InChI is InChI=1S/C29H35F2N3O2/c1-18(2)28(35)36-29(17-19-10-11-22(29)21-16-24(31)23(30)15-20(19)21)12-14-34(3)13-6-9-27-32-25-7-4-5-8-26(25)33-27/h4-5,7-8,15-16,18-19,22H,6,9-14,17H2,1-3H3,(H,32,33)/t19-,22+,29+/m1/s1. The van der Waals surface area contributed by atoms with E-state index in [2.05, 4.69) is 21.9 Å². The summed E-state index contributed by atoms with van der Waals surface area (Å²) in [5, 5.41) is 0. The Morgan fingerprint density at radius 3 is 2.67 bits per heavy atom. The maximum atomic E-state index is 14.2. The summed E-state index contributed by atoms with van der Waals surface area (Å²) >= 11 is 0. The van der Waals surface area contributed by atoms with Gasteiger partial charge in [-0.1, -0.05) is 26.0 Å². The summed E-state index contributed by atoms with van der Waals surface area (Å²) in [5.74, 6) is -1.13. The van der Waals surface area contributed by atoms with Crippen LogP contribution in [0.25, 0.3) is 11.0 Å². The molecule has 3 aliphatic rings. The molecule has 0 spiro atoms. The van der Waals surface area contributed by atoms with E-state index in [0.717, 1.165) is 66.8 Å². The fourth-order valence-corrected chi connectivity index (χ4v) is 6.12. The Bertz CT molecular complexity index is 1220. The topological polar surface area (TPSA) is 58.2 Å². The Kier molecular flexibility index (Phi) is 6.86. The molecule has 3 aliphatic carbocycles. The van der Waals surface area contributed by atoms with Gasteiger partial charge >= 0.3 is 5.97 Å². The SMILES string of the molecule is CC(C)C(=O)O[C@@]1(CCN(C)CCCc2nc3ccccc3[nH]2)C[C@H]2CC[C@H]1c1cc(F)c(F)cc12. The third kappa shape index (κ3) is 4.77. The average Bonchev–Trinajstić information content (AvgIpc) is 3.27. The molecule has 3 aromatic rings. The highest BCUT2D eigenvalue weighted by molar-refractivity contribution is 5.74. The summed E-state index contributed by atoms with van der Waals surface area (Å²) in [4.78, 5) is 23.1. The van der Waals surface area contributed by atoms with Crippen molar-refractivity contribution in [3.05, 3.63) is 65.0 Å². The van der Waals surface area contributed by atoms with Crippen molar-refractivity contribution < 1.29 is 18.3 Å². The molecule has 0 aliphatic heterocycles. The normalized spacial score (nSPS) is 23.0. The van der Waals surface area contributed by atoms with E-state index in [4.69, 9.17) is 4.74 Å². The lowest BCUT2D eigenvalue weighted by atomic mass is 9.58. The van der Waals surface area contributed by atoms with Crippen LogP contribution in [0.4, 0.5) is 8.78 Å². The number of benzene rings is 2. The van der Waals surface area contributed by atoms with Gasteiger partial charge in [0.1, 0.15) is 11.4 Å². The fraction of sp³-hybridized carbons (Fsp3) is 0.517. The maximum Gasteiger partial charge on any atom is 0.308 e. The van der Waals surface area contributed by atoms with Gasteiger partial charge in [-0.2, -0.15) is 0 Å². The lowest BCUT2D eigenvalue weighted by Gasteiger charge is -2.52. The zero-order valence-corrected chi connectivity index (χ0v) is 21.3. The number of aryl methyl sites for hydroxylation is 1. The Morgan fingerprint density at radius 2 is 1.92 bits per heavy atom. The van der Waals surface area contributed by atoms with Gasteiger partial charge in [0, 0.05) is 25.3 Å². The molecule has 1 aromatic heterocycles. The van der Waals surface area contributed by atoms with Gasteiger partial charge in [-0.3, -0.25) is 4.79 Å². The summed E-state index contributed by atoms with van der Waals surface area (Å²) < 4.78 is 34.5. The predicted octanol–water partition coefficient (Wildman–Crippen LogP) is 6.10. The molecule has 3 atom stereocenters. The summed E-state index contributed by atoms with van der Waals surface area (Å²) in [7, 11) is 2.08. The Labute approximate surface area is 211 Å². The number of halogens is 2. The van der Waals surface area contributed by atoms with Gasteiger partial charge in [-0.25, -0.2) is 13.8 Å². The number of ether oxygens (including phenoxy) is 1. The molecule has 2 aromatic carbocycles. The number of carbonyl (C=O) groups is 1. The number of nitrogens with zero attached hydrogens (tertiary/aromatic N) is 2. The van der Waals surface area contributed by atoms with Crippen molar-refractivity contribution in [1.29, 1.82) is 0 Å². The molecule has 1 fully saturated rings. The second kappa shape index (κ2) is 9.92. The number of carbonyl (C=O) groups excluding carboxylic acids is 1. The van der Waals surface area contributed by atoms with Crippen LogP contribution in [0.5, 0.6) is 0 Å². The number of aromatic amines is 1. The number of aromatic nitrogens is 2. The molecule has 1 N–H and O–H groups in total. The van der Waals surface area contributed by atoms with Crippen LogP contribution in [0.15, 0.2) is 36.4 Å². The number of esters is 1. The van der Waals surface area contributed by atoms with Crippen molar-refractivity contribution in [2.45, 2.75) is 69.8 Å². The summed E-state index contributed by atoms with van der Waals surface area (Å²) in [6.07, 6.45) is 4.89. The average molecular weight is 496 g/mol. The number of hydrogen-bond acceptors (Lipinski definition) is 4. The predicted molar refractivity (Wildman–Crippen MR) is 136 cm³/mol. The molecule has 1 saturated carbocycles. The minimum absolute atomic E-state index is 0.0819. The van der Waals surface area contributed by atoms with Crippen molar-refractivity contribution in [1.82, 2.24) is 14.9 Å². The number of para-hydroxylation sites is 2. The lowest BCUT2D eigenvalue weighted by Crippen LogP contribution is -2.51. The molecule has 192 valence electrons. The highest BCUT2D eigenvalue weighted by Gasteiger charge is 2.53. The van der Waals surface area contributed by atoms with Crippen LogP contribution >= 0.6 is 0 Å². The van der Waals surface area contributed by atoms with Crippen LogP contribution in [0.1, 0.15) is 74.7 Å². The molecule has 0 unspecified atom stereocenters. The summed E-state index contributed by atoms with van der Waals surface area (Å²) in [6.45, 7) is 5.32. The van der Waals surface area contributed by atoms with Crippen molar-refractivity contribution in [3.63, 3.8) is 0 Å². The van der Waals surface area contributed by atoms with Gasteiger partial charge < -0.3 is 14.6 Å². The van der Waals surface area contributed by atoms with E-state index in [1.54, 1.807) is 0 Å². The molecule has 6 rings (SSSR count). The molecule has 0 saturated heterocycles. The Hall–Kier alpha value is -2.80. The zero-order chi connectivity index (χ0) is 25.4. The first kappa shape index (κ1) is 24.9. The van der Waals surface area contributed by atoms with Crippen LogP contribution in [-0.2, 0) is 16.0 Å². The lowest BCUT2D eigenvalue weighted by molar-refractivity contribution is -0.173. The van der Waals surface area contributed by atoms with Crippen LogP contribution in [-0.4, -0.2) is 46.6 Å². The largest absolute Gasteiger partial charge is 0.458 e. The van der Waals surface area contributed by atoms with E-state index in [1.165, 1.54) is 12.1 Å². The van der Waals surface area contributed by atoms with E-state index >= 15 is 0 Å². The highest BCUT2D eigenvalue weighted by Crippen LogP contribution is 2.57. The molecular weight excluding hydrogens is 460 g/mol. The van der Waals surface area contributed by atoms with Crippen molar-refractivity contribution in [3.8, 4) is 0 Å². The zero-order valence-electron chi connectivity index (χ0n) is 21.3. The van der Waals surface area contributed by atoms with Gasteiger partial charge in [0.25, 0.3) is 0 Å². The van der Waals surface area contributed by atoms with E-state index in [-0.39, 0.29) is 23.7 Å². The molecule has 36 heavy (non-hydrogen) atoms.